The molecule has 25 heavy (non-hydrogen) atoms. The summed E-state index contributed by atoms with van der Waals surface area (Å²) in [5.74, 6) is -0.223. The van der Waals surface area contributed by atoms with E-state index in [9.17, 15) is 15.0 Å². The zero-order valence-electron chi connectivity index (χ0n) is 15.2. The third-order valence-corrected chi connectivity index (χ3v) is 7.65. The van der Waals surface area contributed by atoms with Crippen LogP contribution in [0.25, 0.3) is 0 Å². The number of carbonyl (C=O) groups excluding carboxylic acids is 1. The predicted octanol–water partition coefficient (Wildman–Crippen LogP) is 2.84. The van der Waals surface area contributed by atoms with Gasteiger partial charge in [-0.3, -0.25) is 4.79 Å². The maximum Gasteiger partial charge on any atom is 0.312 e. The van der Waals surface area contributed by atoms with Crippen LogP contribution in [0.3, 0.4) is 0 Å². The third kappa shape index (κ3) is 2.05. The Morgan fingerprint density at radius 1 is 1.24 bits per heavy atom. The molecular formula is C20H28O5. The molecule has 4 rings (SSSR count). The average molecular weight is 348 g/mol. The predicted molar refractivity (Wildman–Crippen MR) is 90.7 cm³/mol. The Kier molecular flexibility index (Phi) is 3.49. The van der Waals surface area contributed by atoms with Crippen molar-refractivity contribution in [3.05, 3.63) is 24.2 Å². The van der Waals surface area contributed by atoms with E-state index in [2.05, 4.69) is 0 Å². The Hall–Kier alpha value is -1.33. The number of aryl methyl sites for hydroxylation is 1. The van der Waals surface area contributed by atoms with Gasteiger partial charge in [-0.1, -0.05) is 13.3 Å². The smallest absolute Gasteiger partial charge is 0.312 e. The van der Waals surface area contributed by atoms with E-state index >= 15 is 0 Å². The van der Waals surface area contributed by atoms with Crippen LogP contribution in [0.4, 0.5) is 0 Å². The van der Waals surface area contributed by atoms with Gasteiger partial charge in [0.1, 0.15) is 6.10 Å². The van der Waals surface area contributed by atoms with Crippen LogP contribution in [0.2, 0.25) is 0 Å². The zero-order valence-corrected chi connectivity index (χ0v) is 15.2. The van der Waals surface area contributed by atoms with E-state index in [-0.39, 0.29) is 24.4 Å². The summed E-state index contributed by atoms with van der Waals surface area (Å²) in [5.41, 5.74) is -2.71. The van der Waals surface area contributed by atoms with Gasteiger partial charge >= 0.3 is 5.97 Å². The van der Waals surface area contributed by atoms with Gasteiger partial charge in [-0.15, -0.1) is 0 Å². The molecule has 5 heteroatoms. The van der Waals surface area contributed by atoms with E-state index in [1.807, 2.05) is 19.9 Å². The minimum Gasteiger partial charge on any atom is -0.472 e. The summed E-state index contributed by atoms with van der Waals surface area (Å²) in [5, 5.41) is 23.1. The van der Waals surface area contributed by atoms with E-state index in [1.165, 1.54) is 0 Å². The number of esters is 1. The fourth-order valence-corrected chi connectivity index (χ4v) is 6.34. The van der Waals surface area contributed by atoms with Gasteiger partial charge in [0.15, 0.2) is 0 Å². The normalized spacial score (nSPS) is 48.9. The van der Waals surface area contributed by atoms with Gasteiger partial charge in [0.2, 0.25) is 0 Å². The highest BCUT2D eigenvalue weighted by molar-refractivity contribution is 5.80. The van der Waals surface area contributed by atoms with Crippen molar-refractivity contribution in [2.45, 2.75) is 76.6 Å². The van der Waals surface area contributed by atoms with E-state index < -0.39 is 22.0 Å². The molecule has 1 saturated heterocycles. The molecule has 0 spiro atoms. The van der Waals surface area contributed by atoms with Crippen molar-refractivity contribution >= 4 is 5.97 Å². The lowest BCUT2D eigenvalue weighted by Crippen LogP contribution is -2.72. The molecule has 0 unspecified atom stereocenters. The Labute approximate surface area is 148 Å². The van der Waals surface area contributed by atoms with Crippen LogP contribution in [0, 0.1) is 16.7 Å². The molecule has 1 aromatic rings. The average Bonchev–Trinajstić information content (AvgIpc) is 3.11. The van der Waals surface area contributed by atoms with E-state index in [0.29, 0.717) is 12.8 Å². The van der Waals surface area contributed by atoms with Gasteiger partial charge in [0, 0.05) is 17.8 Å². The number of rotatable bonds is 3. The Morgan fingerprint density at radius 2 is 2.00 bits per heavy atom. The molecule has 5 nitrogen and oxygen atoms in total. The highest BCUT2D eigenvalue weighted by Crippen LogP contribution is 2.67. The minimum absolute atomic E-state index is 0.0594. The van der Waals surface area contributed by atoms with E-state index in [4.69, 9.17) is 9.15 Å². The summed E-state index contributed by atoms with van der Waals surface area (Å²) in [6, 6.07) is 1.89. The zero-order chi connectivity index (χ0) is 18.1. The van der Waals surface area contributed by atoms with Crippen LogP contribution >= 0.6 is 0 Å². The number of aliphatic hydroxyl groups is 2. The summed E-state index contributed by atoms with van der Waals surface area (Å²) in [7, 11) is 0. The molecule has 1 aromatic heterocycles. The number of furan rings is 1. The maximum absolute atomic E-state index is 12.6. The van der Waals surface area contributed by atoms with Crippen molar-refractivity contribution < 1.29 is 24.2 Å². The third-order valence-electron chi connectivity index (χ3n) is 7.65. The van der Waals surface area contributed by atoms with Crippen molar-refractivity contribution in [1.82, 2.24) is 0 Å². The highest BCUT2D eigenvalue weighted by Gasteiger charge is 2.74. The largest absolute Gasteiger partial charge is 0.472 e. The van der Waals surface area contributed by atoms with Crippen LogP contribution in [-0.4, -0.2) is 33.5 Å². The van der Waals surface area contributed by atoms with Crippen molar-refractivity contribution in [2.75, 3.05) is 0 Å². The van der Waals surface area contributed by atoms with Crippen LogP contribution in [0.1, 0.15) is 58.4 Å². The lowest BCUT2D eigenvalue weighted by atomic mass is 9.43. The second-order valence-electron chi connectivity index (χ2n) is 9.08. The summed E-state index contributed by atoms with van der Waals surface area (Å²) in [4.78, 5) is 12.6. The van der Waals surface area contributed by atoms with Gasteiger partial charge in [0.25, 0.3) is 0 Å². The first kappa shape index (κ1) is 17.1. The topological polar surface area (TPSA) is 79.9 Å². The first-order valence-corrected chi connectivity index (χ1v) is 9.31. The Morgan fingerprint density at radius 3 is 2.68 bits per heavy atom. The summed E-state index contributed by atoms with van der Waals surface area (Å²) in [6.07, 6.45) is 6.78. The molecule has 3 aliphatic rings. The first-order chi connectivity index (χ1) is 11.6. The second kappa shape index (κ2) is 5.10. The van der Waals surface area contributed by atoms with Crippen LogP contribution in [0.15, 0.2) is 23.0 Å². The van der Waals surface area contributed by atoms with Crippen molar-refractivity contribution in [3.63, 3.8) is 0 Å². The molecular weight excluding hydrogens is 320 g/mol. The molecule has 0 radical (unpaired) electrons. The molecule has 0 bridgehead atoms. The fourth-order valence-electron chi connectivity index (χ4n) is 6.34. The lowest BCUT2D eigenvalue weighted by molar-refractivity contribution is -0.280. The highest BCUT2D eigenvalue weighted by atomic mass is 16.6. The molecule has 2 aliphatic carbocycles. The van der Waals surface area contributed by atoms with Gasteiger partial charge in [0.05, 0.1) is 29.1 Å². The standard InChI is InChI=1S/C20H28O5/c1-17-7-4-8-18(2)15(17)14(25-16(17)21)11-19(3,22)20(18,23)9-5-13-6-10-24-12-13/h6,10,12,14-15,22-23H,4-5,7-9,11H2,1-3H3/t14-,15+,17+,18+,19+,20+/m1/s1. The summed E-state index contributed by atoms with van der Waals surface area (Å²) >= 11 is 0. The summed E-state index contributed by atoms with van der Waals surface area (Å²) in [6.45, 7) is 5.73. The van der Waals surface area contributed by atoms with Crippen LogP contribution in [0.5, 0.6) is 0 Å². The molecule has 0 amide bonds. The fraction of sp³-hybridized carbons (Fsp3) is 0.750. The van der Waals surface area contributed by atoms with Gasteiger partial charge < -0.3 is 19.4 Å². The molecule has 2 N–H and O–H groups in total. The Balaban J connectivity index is 1.75. The van der Waals surface area contributed by atoms with Gasteiger partial charge in [-0.05, 0) is 51.2 Å². The van der Waals surface area contributed by atoms with Crippen molar-refractivity contribution in [2.24, 2.45) is 16.7 Å². The van der Waals surface area contributed by atoms with Crippen molar-refractivity contribution in [1.29, 1.82) is 0 Å². The molecule has 6 atom stereocenters. The Bertz CT molecular complexity index is 680. The number of hydrogen-bond donors (Lipinski definition) is 2. The molecule has 2 saturated carbocycles. The minimum atomic E-state index is -1.31. The monoisotopic (exact) mass is 348 g/mol. The van der Waals surface area contributed by atoms with Crippen molar-refractivity contribution in [3.8, 4) is 0 Å². The molecule has 2 heterocycles. The molecule has 138 valence electrons. The molecule has 1 aliphatic heterocycles. The second-order valence-corrected chi connectivity index (χ2v) is 9.08. The SMILES string of the molecule is C[C@]1(O)C[C@H]2OC(=O)[C@@]3(C)CCC[C@@](C)([C@@H]23)[C@@]1(O)CCc1ccoc1. The summed E-state index contributed by atoms with van der Waals surface area (Å²) < 4.78 is 10.8. The number of carbonyl (C=O) groups is 1. The molecule has 0 aromatic carbocycles. The van der Waals surface area contributed by atoms with E-state index in [1.54, 1.807) is 19.5 Å². The van der Waals surface area contributed by atoms with Crippen LogP contribution in [-0.2, 0) is 16.0 Å². The lowest BCUT2D eigenvalue weighted by Gasteiger charge is -2.63. The van der Waals surface area contributed by atoms with Crippen LogP contribution < -0.4 is 0 Å². The van der Waals surface area contributed by atoms with Gasteiger partial charge in [-0.2, -0.15) is 0 Å². The number of hydrogen-bond acceptors (Lipinski definition) is 5. The first-order valence-electron chi connectivity index (χ1n) is 9.31. The quantitative estimate of drug-likeness (QED) is 0.821. The molecule has 3 fully saturated rings. The number of ether oxygens (including phenoxy) is 1. The maximum atomic E-state index is 12.6. The van der Waals surface area contributed by atoms with E-state index in [0.717, 1.165) is 24.8 Å². The van der Waals surface area contributed by atoms with Gasteiger partial charge in [-0.25, -0.2) is 0 Å².